The highest BCUT2D eigenvalue weighted by Crippen LogP contribution is 2.38. The number of ether oxygens (including phenoxy) is 2. The van der Waals surface area contributed by atoms with Crippen LogP contribution in [-0.4, -0.2) is 33.5 Å². The van der Waals surface area contributed by atoms with Crippen LogP contribution < -0.4 is 9.47 Å². The van der Waals surface area contributed by atoms with E-state index >= 15 is 0 Å². The van der Waals surface area contributed by atoms with Crippen molar-refractivity contribution in [2.45, 2.75) is 13.5 Å². The van der Waals surface area contributed by atoms with Crippen LogP contribution in [0.5, 0.6) is 11.5 Å². The van der Waals surface area contributed by atoms with Crippen molar-refractivity contribution in [2.75, 3.05) is 6.61 Å². The Morgan fingerprint density at radius 3 is 2.45 bits per heavy atom. The van der Waals surface area contributed by atoms with E-state index in [-0.39, 0.29) is 22.9 Å². The molecule has 1 aliphatic rings. The van der Waals surface area contributed by atoms with E-state index in [1.165, 1.54) is 24.3 Å². The van der Waals surface area contributed by atoms with E-state index in [0.29, 0.717) is 37.6 Å². The molecule has 0 spiro atoms. The largest absolute Gasteiger partial charge is 0.490 e. The lowest BCUT2D eigenvalue weighted by Gasteiger charge is -2.14. The standard InChI is InChI=1S/C26H18ClIN2O7S/c1-2-36-21-12-16(11-20(28)23(21)37-25(32)17-5-7-18(27)8-6-17)13-22-24(31)29(26(33)38-22)14-15-3-9-19(10-4-15)30(34)35/h3-13H,2,14H2,1H3/b22-13-. The van der Waals surface area contributed by atoms with E-state index in [9.17, 15) is 24.5 Å². The third-order valence-electron chi connectivity index (χ3n) is 5.27. The second-order valence-electron chi connectivity index (χ2n) is 7.85. The normalized spacial score (nSPS) is 14.2. The van der Waals surface area contributed by atoms with Gasteiger partial charge in [-0.1, -0.05) is 23.7 Å². The quantitative estimate of drug-likeness (QED) is 0.0652. The first kappa shape index (κ1) is 27.6. The molecule has 194 valence electrons. The van der Waals surface area contributed by atoms with Crippen LogP contribution in [-0.2, 0) is 11.3 Å². The molecule has 1 saturated heterocycles. The number of hydrogen-bond donors (Lipinski definition) is 0. The van der Waals surface area contributed by atoms with Gasteiger partial charge in [0.25, 0.3) is 16.8 Å². The number of nitro benzene ring substituents is 1. The summed E-state index contributed by atoms with van der Waals surface area (Å²) < 4.78 is 11.9. The summed E-state index contributed by atoms with van der Waals surface area (Å²) >= 11 is 8.69. The van der Waals surface area contributed by atoms with Crippen molar-refractivity contribution in [2.24, 2.45) is 0 Å². The molecule has 12 heteroatoms. The average molecular weight is 665 g/mol. The molecule has 0 saturated carbocycles. The highest BCUT2D eigenvalue weighted by Gasteiger charge is 2.35. The predicted molar refractivity (Wildman–Crippen MR) is 151 cm³/mol. The Balaban J connectivity index is 1.56. The minimum absolute atomic E-state index is 0.0126. The number of imide groups is 1. The molecule has 0 aromatic heterocycles. The zero-order valence-corrected chi connectivity index (χ0v) is 23.4. The molecule has 4 rings (SSSR count). The number of nitro groups is 1. The summed E-state index contributed by atoms with van der Waals surface area (Å²) in [5, 5.41) is 10.9. The summed E-state index contributed by atoms with van der Waals surface area (Å²) in [5.41, 5.74) is 1.40. The molecule has 1 heterocycles. The zero-order chi connectivity index (χ0) is 27.4. The number of nitrogens with zero attached hydrogens (tertiary/aromatic N) is 2. The van der Waals surface area contributed by atoms with Gasteiger partial charge in [-0.3, -0.25) is 24.6 Å². The minimum atomic E-state index is -0.583. The summed E-state index contributed by atoms with van der Waals surface area (Å²) in [7, 11) is 0. The fourth-order valence-electron chi connectivity index (χ4n) is 3.46. The number of hydrogen-bond acceptors (Lipinski definition) is 8. The Kier molecular flexibility index (Phi) is 8.69. The number of halogens is 2. The average Bonchev–Trinajstić information content (AvgIpc) is 3.14. The first-order chi connectivity index (χ1) is 18.2. The molecule has 1 aliphatic heterocycles. The summed E-state index contributed by atoms with van der Waals surface area (Å²) in [6, 6.07) is 15.3. The van der Waals surface area contributed by atoms with E-state index < -0.39 is 22.0 Å². The number of carbonyl (C=O) groups excluding carboxylic acids is 3. The first-order valence-corrected chi connectivity index (χ1v) is 13.4. The molecule has 3 aromatic carbocycles. The first-order valence-electron chi connectivity index (χ1n) is 11.1. The van der Waals surface area contributed by atoms with Gasteiger partial charge in [-0.25, -0.2) is 4.79 Å². The lowest BCUT2D eigenvalue weighted by Crippen LogP contribution is -2.27. The zero-order valence-electron chi connectivity index (χ0n) is 19.7. The van der Waals surface area contributed by atoms with Crippen LogP contribution >= 0.6 is 46.0 Å². The fraction of sp³-hybridized carbons (Fsp3) is 0.115. The second-order valence-corrected chi connectivity index (χ2v) is 10.4. The number of thioether (sulfide) groups is 1. The summed E-state index contributed by atoms with van der Waals surface area (Å²) in [5.74, 6) is -0.529. The Hall–Kier alpha value is -3.42. The van der Waals surface area contributed by atoms with Crippen LogP contribution in [0.25, 0.3) is 6.08 Å². The molecule has 3 aromatic rings. The van der Waals surface area contributed by atoms with Crippen molar-refractivity contribution in [1.82, 2.24) is 4.90 Å². The topological polar surface area (TPSA) is 116 Å². The van der Waals surface area contributed by atoms with Gasteiger partial charge in [-0.2, -0.15) is 0 Å². The van der Waals surface area contributed by atoms with Crippen LogP contribution in [0.1, 0.15) is 28.4 Å². The molecule has 2 amide bonds. The van der Waals surface area contributed by atoms with Crippen LogP contribution in [0.3, 0.4) is 0 Å². The van der Waals surface area contributed by atoms with Gasteiger partial charge >= 0.3 is 5.97 Å². The SMILES string of the molecule is CCOc1cc(/C=C2\SC(=O)N(Cc3ccc([N+](=O)[O-])cc3)C2=O)cc(I)c1OC(=O)c1ccc(Cl)cc1. The maximum Gasteiger partial charge on any atom is 0.343 e. The van der Waals surface area contributed by atoms with Crippen molar-refractivity contribution in [3.8, 4) is 11.5 Å². The van der Waals surface area contributed by atoms with Crippen molar-refractivity contribution < 1.29 is 28.8 Å². The molecule has 0 unspecified atom stereocenters. The number of benzene rings is 3. The van der Waals surface area contributed by atoms with Crippen LogP contribution in [0.2, 0.25) is 5.02 Å². The van der Waals surface area contributed by atoms with E-state index in [2.05, 4.69) is 0 Å². The number of carbonyl (C=O) groups is 3. The molecule has 9 nitrogen and oxygen atoms in total. The number of amides is 2. The number of non-ortho nitro benzene ring substituents is 1. The molecule has 0 bridgehead atoms. The van der Waals surface area contributed by atoms with Gasteiger partial charge in [-0.15, -0.1) is 0 Å². The lowest BCUT2D eigenvalue weighted by molar-refractivity contribution is -0.384. The maximum atomic E-state index is 13.0. The van der Waals surface area contributed by atoms with Gasteiger partial charge in [-0.05, 0) is 94.9 Å². The Labute approximate surface area is 240 Å². The van der Waals surface area contributed by atoms with Gasteiger partial charge in [0.05, 0.1) is 32.1 Å². The molecular formula is C26H18ClIN2O7S. The molecule has 1 fully saturated rings. The van der Waals surface area contributed by atoms with Gasteiger partial charge in [0.1, 0.15) is 0 Å². The summed E-state index contributed by atoms with van der Waals surface area (Å²) in [6.07, 6.45) is 1.57. The van der Waals surface area contributed by atoms with Crippen molar-refractivity contribution >= 4 is 74.8 Å². The van der Waals surface area contributed by atoms with Gasteiger partial charge in [0, 0.05) is 17.2 Å². The second kappa shape index (κ2) is 12.0. The van der Waals surface area contributed by atoms with Crippen molar-refractivity contribution in [3.63, 3.8) is 0 Å². The smallest absolute Gasteiger partial charge is 0.343 e. The van der Waals surface area contributed by atoms with Gasteiger partial charge in [0.15, 0.2) is 11.5 Å². The van der Waals surface area contributed by atoms with Gasteiger partial charge in [0.2, 0.25) is 0 Å². The Morgan fingerprint density at radius 2 is 1.82 bits per heavy atom. The lowest BCUT2D eigenvalue weighted by atomic mass is 10.1. The summed E-state index contributed by atoms with van der Waals surface area (Å²) in [6.45, 7) is 2.08. The van der Waals surface area contributed by atoms with E-state index in [4.69, 9.17) is 21.1 Å². The molecule has 38 heavy (non-hydrogen) atoms. The minimum Gasteiger partial charge on any atom is -0.490 e. The monoisotopic (exact) mass is 664 g/mol. The van der Waals surface area contributed by atoms with E-state index in [1.807, 2.05) is 22.6 Å². The highest BCUT2D eigenvalue weighted by molar-refractivity contribution is 14.1. The van der Waals surface area contributed by atoms with Crippen LogP contribution in [0, 0.1) is 13.7 Å². The number of rotatable bonds is 8. The summed E-state index contributed by atoms with van der Waals surface area (Å²) in [4.78, 5) is 49.8. The molecule has 0 radical (unpaired) electrons. The van der Waals surface area contributed by atoms with Crippen LogP contribution in [0.15, 0.2) is 65.6 Å². The van der Waals surface area contributed by atoms with E-state index in [0.717, 1.165) is 16.7 Å². The Bertz CT molecular complexity index is 1460. The van der Waals surface area contributed by atoms with Crippen molar-refractivity contribution in [3.05, 3.63) is 101 Å². The molecule has 0 N–H and O–H groups in total. The Morgan fingerprint density at radius 1 is 1.13 bits per heavy atom. The molecular weight excluding hydrogens is 647 g/mol. The predicted octanol–water partition coefficient (Wildman–Crippen LogP) is 6.71. The van der Waals surface area contributed by atoms with Crippen LogP contribution in [0.4, 0.5) is 10.5 Å². The van der Waals surface area contributed by atoms with Gasteiger partial charge < -0.3 is 9.47 Å². The maximum absolute atomic E-state index is 13.0. The molecule has 0 atom stereocenters. The third-order valence-corrected chi connectivity index (χ3v) is 7.23. The number of esters is 1. The van der Waals surface area contributed by atoms with E-state index in [1.54, 1.807) is 49.4 Å². The van der Waals surface area contributed by atoms with Crippen molar-refractivity contribution in [1.29, 1.82) is 0 Å². The fourth-order valence-corrected chi connectivity index (χ4v) is 5.16. The highest BCUT2D eigenvalue weighted by atomic mass is 127. The third kappa shape index (κ3) is 6.34. The molecule has 0 aliphatic carbocycles.